The van der Waals surface area contributed by atoms with Crippen LogP contribution in [0.5, 0.6) is 0 Å². The Morgan fingerprint density at radius 2 is 2.58 bits per heavy atom. The van der Waals surface area contributed by atoms with Crippen LogP contribution in [0.2, 0.25) is 0 Å². The van der Waals surface area contributed by atoms with Crippen molar-refractivity contribution in [3.63, 3.8) is 0 Å². The molecule has 3 heteroatoms. The summed E-state index contributed by atoms with van der Waals surface area (Å²) in [6.07, 6.45) is 4.36. The molecule has 1 rings (SSSR count). The summed E-state index contributed by atoms with van der Waals surface area (Å²) in [7, 11) is 1.91. The number of hydrogen-bond acceptors (Lipinski definition) is 2. The lowest BCUT2D eigenvalue weighted by atomic mass is 10.2. The molecule has 0 aliphatic heterocycles. The molecule has 12 heavy (non-hydrogen) atoms. The summed E-state index contributed by atoms with van der Waals surface area (Å²) < 4.78 is 0. The number of aromatic nitrogens is 2. The largest absolute Gasteiger partial charge is 0.347 e. The summed E-state index contributed by atoms with van der Waals surface area (Å²) in [5.74, 6) is 6.82. The van der Waals surface area contributed by atoms with Crippen molar-refractivity contribution in [3.8, 4) is 11.8 Å². The minimum absolute atomic E-state index is 0.215. The third-order valence-electron chi connectivity index (χ3n) is 1.68. The van der Waals surface area contributed by atoms with E-state index in [-0.39, 0.29) is 6.04 Å². The molecular weight excluding hydrogens is 150 g/mol. The minimum Gasteiger partial charge on any atom is -0.347 e. The second-order valence-corrected chi connectivity index (χ2v) is 2.45. The summed E-state index contributed by atoms with van der Waals surface area (Å²) in [4.78, 5) is 7.21. The van der Waals surface area contributed by atoms with Crippen LogP contribution in [-0.2, 0) is 0 Å². The van der Waals surface area contributed by atoms with Crippen molar-refractivity contribution >= 4 is 0 Å². The zero-order chi connectivity index (χ0) is 8.81. The van der Waals surface area contributed by atoms with E-state index < -0.39 is 0 Å². The molecule has 2 N–H and O–H groups in total. The summed E-state index contributed by atoms with van der Waals surface area (Å²) in [5.41, 5.74) is 0. The zero-order valence-electron chi connectivity index (χ0n) is 7.39. The molecule has 1 aromatic rings. The normalized spacial score (nSPS) is 11.8. The molecule has 1 heterocycles. The van der Waals surface area contributed by atoms with Gasteiger partial charge >= 0.3 is 0 Å². The van der Waals surface area contributed by atoms with Crippen molar-refractivity contribution < 1.29 is 0 Å². The zero-order valence-corrected chi connectivity index (χ0v) is 7.39. The van der Waals surface area contributed by atoms with Crippen molar-refractivity contribution in [2.24, 2.45) is 0 Å². The van der Waals surface area contributed by atoms with E-state index in [0.29, 0.717) is 0 Å². The number of aromatic amines is 1. The van der Waals surface area contributed by atoms with Crippen LogP contribution in [0.1, 0.15) is 25.2 Å². The lowest BCUT2D eigenvalue weighted by Gasteiger charge is -2.08. The van der Waals surface area contributed by atoms with Crippen molar-refractivity contribution in [1.82, 2.24) is 15.3 Å². The highest BCUT2D eigenvalue weighted by Gasteiger charge is 2.08. The van der Waals surface area contributed by atoms with E-state index in [1.165, 1.54) is 0 Å². The Morgan fingerprint density at radius 1 is 1.75 bits per heavy atom. The number of nitrogens with zero attached hydrogens (tertiary/aromatic N) is 1. The quantitative estimate of drug-likeness (QED) is 0.655. The number of rotatable bonds is 3. The monoisotopic (exact) mass is 163 g/mol. The van der Waals surface area contributed by atoms with Gasteiger partial charge in [-0.2, -0.15) is 0 Å². The van der Waals surface area contributed by atoms with Crippen LogP contribution in [0, 0.1) is 11.8 Å². The average Bonchev–Trinajstić information content (AvgIpc) is 2.59. The maximum atomic E-state index is 4.15. The second kappa shape index (κ2) is 4.58. The maximum Gasteiger partial charge on any atom is 0.124 e. The van der Waals surface area contributed by atoms with Crippen molar-refractivity contribution in [1.29, 1.82) is 0 Å². The first-order valence-electron chi connectivity index (χ1n) is 3.94. The first-order valence-corrected chi connectivity index (χ1v) is 3.94. The maximum absolute atomic E-state index is 4.15. The Balaban J connectivity index is 2.61. The summed E-state index contributed by atoms with van der Waals surface area (Å²) in [6, 6.07) is 0.215. The summed E-state index contributed by atoms with van der Waals surface area (Å²) >= 11 is 0. The Labute approximate surface area is 72.6 Å². The van der Waals surface area contributed by atoms with Gasteiger partial charge in [-0.15, -0.1) is 11.8 Å². The van der Waals surface area contributed by atoms with Crippen LogP contribution < -0.4 is 5.32 Å². The van der Waals surface area contributed by atoms with E-state index in [4.69, 9.17) is 0 Å². The fraction of sp³-hybridized carbons (Fsp3) is 0.444. The fourth-order valence-corrected chi connectivity index (χ4v) is 1.01. The van der Waals surface area contributed by atoms with E-state index >= 15 is 0 Å². The van der Waals surface area contributed by atoms with Gasteiger partial charge in [-0.25, -0.2) is 4.98 Å². The molecular formula is C9H13N3. The van der Waals surface area contributed by atoms with Gasteiger partial charge in [0, 0.05) is 18.8 Å². The van der Waals surface area contributed by atoms with Gasteiger partial charge in [0.25, 0.3) is 0 Å². The van der Waals surface area contributed by atoms with Crippen molar-refractivity contribution in [3.05, 3.63) is 18.2 Å². The highest BCUT2D eigenvalue weighted by atomic mass is 15.0. The Bertz CT molecular complexity index is 266. The van der Waals surface area contributed by atoms with Crippen LogP contribution in [0.3, 0.4) is 0 Å². The number of H-pyrrole nitrogens is 1. The van der Waals surface area contributed by atoms with Crippen LogP contribution in [0.25, 0.3) is 0 Å². The summed E-state index contributed by atoms with van der Waals surface area (Å²) in [5, 5.41) is 3.14. The predicted molar refractivity (Wildman–Crippen MR) is 48.5 cm³/mol. The molecule has 0 aliphatic carbocycles. The second-order valence-electron chi connectivity index (χ2n) is 2.45. The molecule has 0 amide bonds. The van der Waals surface area contributed by atoms with Gasteiger partial charge in [0.15, 0.2) is 0 Å². The molecule has 0 fully saturated rings. The minimum atomic E-state index is 0.215. The molecule has 0 aliphatic rings. The lowest BCUT2D eigenvalue weighted by Crippen LogP contribution is -2.16. The van der Waals surface area contributed by atoms with Gasteiger partial charge in [0.2, 0.25) is 0 Å². The Morgan fingerprint density at radius 3 is 3.08 bits per heavy atom. The smallest absolute Gasteiger partial charge is 0.124 e. The first kappa shape index (κ1) is 8.82. The van der Waals surface area contributed by atoms with Crippen molar-refractivity contribution in [2.75, 3.05) is 7.05 Å². The van der Waals surface area contributed by atoms with Crippen molar-refractivity contribution in [2.45, 2.75) is 19.4 Å². The molecule has 0 aromatic carbocycles. The highest BCUT2D eigenvalue weighted by molar-refractivity contribution is 5.04. The molecule has 0 spiro atoms. The first-order chi connectivity index (χ1) is 5.88. The van der Waals surface area contributed by atoms with Crippen LogP contribution in [0.15, 0.2) is 12.4 Å². The Kier molecular flexibility index (Phi) is 3.36. The molecule has 64 valence electrons. The third kappa shape index (κ3) is 2.11. The molecule has 0 radical (unpaired) electrons. The molecule has 1 unspecified atom stereocenters. The molecule has 0 bridgehead atoms. The van der Waals surface area contributed by atoms with E-state index in [2.05, 4.69) is 27.1 Å². The average molecular weight is 163 g/mol. The van der Waals surface area contributed by atoms with E-state index in [9.17, 15) is 0 Å². The molecule has 1 atom stereocenters. The summed E-state index contributed by atoms with van der Waals surface area (Å²) in [6.45, 7) is 1.84. The Hall–Kier alpha value is -1.27. The topological polar surface area (TPSA) is 40.7 Å². The van der Waals surface area contributed by atoms with Gasteiger partial charge in [0.05, 0.1) is 6.04 Å². The number of imidazole rings is 1. The van der Waals surface area contributed by atoms with Crippen LogP contribution in [0.4, 0.5) is 0 Å². The SMILES string of the molecule is CC#CCC(NC)c1ncc[nH]1. The van der Waals surface area contributed by atoms with Gasteiger partial charge in [-0.05, 0) is 14.0 Å². The van der Waals surface area contributed by atoms with Gasteiger partial charge in [-0.3, -0.25) is 0 Å². The lowest BCUT2D eigenvalue weighted by molar-refractivity contribution is 0.580. The molecule has 1 aromatic heterocycles. The molecule has 3 nitrogen and oxygen atoms in total. The van der Waals surface area contributed by atoms with Gasteiger partial charge in [-0.1, -0.05) is 0 Å². The molecule has 0 saturated carbocycles. The van der Waals surface area contributed by atoms with Gasteiger partial charge < -0.3 is 10.3 Å². The van der Waals surface area contributed by atoms with Crippen LogP contribution in [-0.4, -0.2) is 17.0 Å². The van der Waals surface area contributed by atoms with Crippen LogP contribution >= 0.6 is 0 Å². The number of hydrogen-bond donors (Lipinski definition) is 2. The fourth-order valence-electron chi connectivity index (χ4n) is 1.01. The van der Waals surface area contributed by atoms with Gasteiger partial charge in [0.1, 0.15) is 5.82 Å². The predicted octanol–water partition coefficient (Wildman–Crippen LogP) is 1.08. The number of nitrogens with one attached hydrogen (secondary N) is 2. The third-order valence-corrected chi connectivity index (χ3v) is 1.68. The highest BCUT2D eigenvalue weighted by Crippen LogP contribution is 2.09. The molecule has 0 saturated heterocycles. The standard InChI is InChI=1S/C9H13N3/c1-3-4-5-8(10-2)9-11-6-7-12-9/h6-8,10H,5H2,1-2H3,(H,11,12). The van der Waals surface area contributed by atoms with E-state index in [1.807, 2.05) is 20.2 Å². The van der Waals surface area contributed by atoms with E-state index in [0.717, 1.165) is 12.2 Å². The van der Waals surface area contributed by atoms with E-state index in [1.54, 1.807) is 6.20 Å².